The van der Waals surface area contributed by atoms with Crippen molar-refractivity contribution in [3.63, 3.8) is 0 Å². The summed E-state index contributed by atoms with van der Waals surface area (Å²) in [5.41, 5.74) is 0.602. The minimum atomic E-state index is -0.873. The van der Waals surface area contributed by atoms with Crippen LogP contribution in [0, 0.1) is 10.1 Å². The maximum atomic E-state index is 11.9. The van der Waals surface area contributed by atoms with Crippen molar-refractivity contribution in [2.45, 2.75) is 19.6 Å². The fourth-order valence-corrected chi connectivity index (χ4v) is 2.25. The monoisotopic (exact) mass is 369 g/mol. The van der Waals surface area contributed by atoms with Crippen LogP contribution in [0.15, 0.2) is 42.5 Å². The molecule has 0 fully saturated rings. The number of hydrogen-bond acceptors (Lipinski definition) is 5. The van der Waals surface area contributed by atoms with Crippen molar-refractivity contribution in [1.29, 1.82) is 0 Å². The van der Waals surface area contributed by atoms with Gasteiger partial charge in [-0.25, -0.2) is 4.79 Å². The fraction of sp³-hybridized carbons (Fsp3) is 0.188. The summed E-state index contributed by atoms with van der Waals surface area (Å²) < 4.78 is 10.6. The predicted molar refractivity (Wildman–Crippen MR) is 89.4 cm³/mol. The van der Waals surface area contributed by atoms with Gasteiger partial charge in [0.05, 0.1) is 9.95 Å². The second kappa shape index (κ2) is 7.99. The molecule has 0 bridgehead atoms. The topological polar surface area (TPSA) is 78.7 Å². The highest BCUT2D eigenvalue weighted by Crippen LogP contribution is 2.28. The van der Waals surface area contributed by atoms with Crippen LogP contribution in [0.2, 0.25) is 10.0 Å². The molecule has 0 N–H and O–H groups in total. The molecule has 0 heterocycles. The summed E-state index contributed by atoms with van der Waals surface area (Å²) in [7, 11) is 0. The minimum absolute atomic E-state index is 0.0150. The first-order chi connectivity index (χ1) is 11.4. The molecule has 0 unspecified atom stereocenters. The average molecular weight is 370 g/mol. The number of halogens is 2. The first kappa shape index (κ1) is 18.0. The van der Waals surface area contributed by atoms with Gasteiger partial charge in [0.1, 0.15) is 12.4 Å². The van der Waals surface area contributed by atoms with E-state index < -0.39 is 17.0 Å². The summed E-state index contributed by atoms with van der Waals surface area (Å²) >= 11 is 11.8. The Kier molecular flexibility index (Phi) is 6.00. The number of esters is 1. The summed E-state index contributed by atoms with van der Waals surface area (Å²) in [6.45, 7) is 1.52. The number of non-ortho nitro benzene ring substituents is 1. The number of benzene rings is 2. The molecule has 0 spiro atoms. The molecule has 2 aromatic carbocycles. The quantitative estimate of drug-likeness (QED) is 0.428. The standard InChI is InChI=1S/C16H13Cl2NO5/c1-10(24-15-7-4-12(17)8-14(15)18)16(20)23-9-11-2-5-13(6-3-11)19(21)22/h2-8,10H,9H2,1H3/t10-/m0/s1. The van der Waals surface area contributed by atoms with Gasteiger partial charge in [-0.1, -0.05) is 23.2 Å². The van der Waals surface area contributed by atoms with Gasteiger partial charge in [-0.3, -0.25) is 10.1 Å². The Morgan fingerprint density at radius 3 is 2.46 bits per heavy atom. The second-order valence-electron chi connectivity index (χ2n) is 4.87. The van der Waals surface area contributed by atoms with Crippen LogP contribution < -0.4 is 4.74 Å². The third-order valence-electron chi connectivity index (χ3n) is 3.06. The van der Waals surface area contributed by atoms with Crippen molar-refractivity contribution in [1.82, 2.24) is 0 Å². The molecule has 24 heavy (non-hydrogen) atoms. The molecule has 2 aromatic rings. The SMILES string of the molecule is C[C@H](Oc1ccc(Cl)cc1Cl)C(=O)OCc1ccc([N+](=O)[O-])cc1. The van der Waals surface area contributed by atoms with Gasteiger partial charge in [-0.15, -0.1) is 0 Å². The minimum Gasteiger partial charge on any atom is -0.477 e. The molecule has 0 aliphatic carbocycles. The largest absolute Gasteiger partial charge is 0.477 e. The average Bonchev–Trinajstić information content (AvgIpc) is 2.55. The first-order valence-corrected chi connectivity index (χ1v) is 7.64. The van der Waals surface area contributed by atoms with Gasteiger partial charge in [-0.2, -0.15) is 0 Å². The normalized spacial score (nSPS) is 11.6. The number of rotatable bonds is 6. The lowest BCUT2D eigenvalue weighted by Gasteiger charge is -2.15. The third kappa shape index (κ3) is 4.84. The Morgan fingerprint density at radius 2 is 1.88 bits per heavy atom. The molecule has 0 saturated carbocycles. The van der Waals surface area contributed by atoms with Crippen LogP contribution in [0.5, 0.6) is 5.75 Å². The van der Waals surface area contributed by atoms with E-state index in [1.165, 1.54) is 37.3 Å². The number of nitrogens with zero attached hydrogens (tertiary/aromatic N) is 1. The molecule has 0 aromatic heterocycles. The van der Waals surface area contributed by atoms with Gasteiger partial charge in [0.15, 0.2) is 6.10 Å². The molecule has 1 atom stereocenters. The van der Waals surface area contributed by atoms with Crippen LogP contribution in [-0.2, 0) is 16.1 Å². The zero-order valence-electron chi connectivity index (χ0n) is 12.6. The van der Waals surface area contributed by atoms with Gasteiger partial charge in [-0.05, 0) is 42.8 Å². The third-order valence-corrected chi connectivity index (χ3v) is 3.59. The van der Waals surface area contributed by atoms with Crippen LogP contribution >= 0.6 is 23.2 Å². The molecule has 0 aliphatic heterocycles. The Morgan fingerprint density at radius 1 is 1.21 bits per heavy atom. The second-order valence-corrected chi connectivity index (χ2v) is 5.71. The molecule has 0 aliphatic rings. The zero-order valence-corrected chi connectivity index (χ0v) is 14.1. The summed E-state index contributed by atoms with van der Waals surface area (Å²) in [5.74, 6) is -0.264. The maximum absolute atomic E-state index is 11.9. The van der Waals surface area contributed by atoms with Crippen molar-refractivity contribution in [3.05, 3.63) is 68.2 Å². The van der Waals surface area contributed by atoms with E-state index in [4.69, 9.17) is 32.7 Å². The summed E-state index contributed by atoms with van der Waals surface area (Å²) in [4.78, 5) is 22.0. The van der Waals surface area contributed by atoms with Crippen molar-refractivity contribution in [3.8, 4) is 5.75 Å². The fourth-order valence-electron chi connectivity index (χ4n) is 1.80. The van der Waals surface area contributed by atoms with E-state index in [1.807, 2.05) is 0 Å². The van der Waals surface area contributed by atoms with Gasteiger partial charge in [0, 0.05) is 17.2 Å². The Bertz CT molecular complexity index is 749. The van der Waals surface area contributed by atoms with Crippen molar-refractivity contribution < 1.29 is 19.2 Å². The van der Waals surface area contributed by atoms with Gasteiger partial charge < -0.3 is 9.47 Å². The van der Waals surface area contributed by atoms with Gasteiger partial charge in [0.2, 0.25) is 0 Å². The van der Waals surface area contributed by atoms with E-state index in [0.717, 1.165) is 0 Å². The van der Waals surface area contributed by atoms with Gasteiger partial charge in [0.25, 0.3) is 5.69 Å². The van der Waals surface area contributed by atoms with Crippen LogP contribution in [-0.4, -0.2) is 17.0 Å². The van der Waals surface area contributed by atoms with E-state index in [9.17, 15) is 14.9 Å². The molecule has 0 saturated heterocycles. The van der Waals surface area contributed by atoms with E-state index in [2.05, 4.69) is 0 Å². The lowest BCUT2D eigenvalue weighted by atomic mass is 10.2. The van der Waals surface area contributed by atoms with E-state index in [0.29, 0.717) is 16.3 Å². The molecule has 6 nitrogen and oxygen atoms in total. The number of nitro benzene ring substituents is 1. The highest BCUT2D eigenvalue weighted by atomic mass is 35.5. The van der Waals surface area contributed by atoms with Crippen LogP contribution in [0.4, 0.5) is 5.69 Å². The lowest BCUT2D eigenvalue weighted by Crippen LogP contribution is -2.26. The van der Waals surface area contributed by atoms with E-state index in [-0.39, 0.29) is 17.3 Å². The number of carbonyl (C=O) groups is 1. The van der Waals surface area contributed by atoms with Crippen molar-refractivity contribution in [2.24, 2.45) is 0 Å². The lowest BCUT2D eigenvalue weighted by molar-refractivity contribution is -0.384. The maximum Gasteiger partial charge on any atom is 0.347 e. The predicted octanol–water partition coefficient (Wildman–Crippen LogP) is 4.41. The van der Waals surface area contributed by atoms with Gasteiger partial charge >= 0.3 is 5.97 Å². The van der Waals surface area contributed by atoms with Crippen molar-refractivity contribution in [2.75, 3.05) is 0 Å². The summed E-state index contributed by atoms with van der Waals surface area (Å²) in [6.07, 6.45) is -0.873. The summed E-state index contributed by atoms with van der Waals surface area (Å²) in [6, 6.07) is 10.4. The molecule has 2 rings (SSSR count). The van der Waals surface area contributed by atoms with Crippen LogP contribution in [0.1, 0.15) is 12.5 Å². The Hall–Kier alpha value is -2.31. The molecule has 8 heteroatoms. The molecule has 126 valence electrons. The smallest absolute Gasteiger partial charge is 0.347 e. The van der Waals surface area contributed by atoms with E-state index >= 15 is 0 Å². The number of hydrogen-bond donors (Lipinski definition) is 0. The highest BCUT2D eigenvalue weighted by molar-refractivity contribution is 6.35. The molecule has 0 amide bonds. The first-order valence-electron chi connectivity index (χ1n) is 6.88. The molecule has 0 radical (unpaired) electrons. The van der Waals surface area contributed by atoms with E-state index in [1.54, 1.807) is 12.1 Å². The zero-order chi connectivity index (χ0) is 17.7. The summed E-state index contributed by atoms with van der Waals surface area (Å²) in [5, 5.41) is 11.3. The Balaban J connectivity index is 1.90. The van der Waals surface area contributed by atoms with Crippen molar-refractivity contribution >= 4 is 34.9 Å². The Labute approximate surface area is 148 Å². The number of ether oxygens (including phenoxy) is 2. The van der Waals surface area contributed by atoms with Crippen LogP contribution in [0.25, 0.3) is 0 Å². The molecular formula is C16H13Cl2NO5. The molecular weight excluding hydrogens is 357 g/mol. The highest BCUT2D eigenvalue weighted by Gasteiger charge is 2.18. The number of carbonyl (C=O) groups excluding carboxylic acids is 1. The van der Waals surface area contributed by atoms with Crippen LogP contribution in [0.3, 0.4) is 0 Å². The number of nitro groups is 1.